The quantitative estimate of drug-likeness (QED) is 0.833. The molecule has 0 fully saturated rings. The van der Waals surface area contributed by atoms with E-state index in [1.807, 2.05) is 12.1 Å². The highest BCUT2D eigenvalue weighted by atomic mass is 19.4. The second-order valence-corrected chi connectivity index (χ2v) is 4.47. The molecule has 0 radical (unpaired) electrons. The molecule has 1 aromatic heterocycles. The molecule has 0 unspecified atom stereocenters. The molecule has 2 aromatic rings. The summed E-state index contributed by atoms with van der Waals surface area (Å²) < 4.78 is 44.1. The van der Waals surface area contributed by atoms with Gasteiger partial charge in [0.2, 0.25) is 0 Å². The standard InChI is InChI=1S/C14H16F3N3O/c1-21-7-6-18-8-11-4-2-3-5-13(11)20-10-12(9-19-20)14(15,16)17/h2-5,9-10,18H,6-8H2,1H3. The van der Waals surface area contributed by atoms with Gasteiger partial charge in [0, 0.05) is 26.4 Å². The Kier molecular flexibility index (Phi) is 4.98. The van der Waals surface area contributed by atoms with Gasteiger partial charge >= 0.3 is 6.18 Å². The van der Waals surface area contributed by atoms with Crippen LogP contribution >= 0.6 is 0 Å². The predicted molar refractivity (Wildman–Crippen MR) is 72.1 cm³/mol. The number of para-hydroxylation sites is 1. The molecule has 0 amide bonds. The minimum absolute atomic E-state index is 0.529. The Labute approximate surface area is 120 Å². The molecule has 1 heterocycles. The number of nitrogens with one attached hydrogen (secondary N) is 1. The van der Waals surface area contributed by atoms with Gasteiger partial charge in [-0.1, -0.05) is 18.2 Å². The maximum Gasteiger partial charge on any atom is 0.419 e. The van der Waals surface area contributed by atoms with Crippen molar-refractivity contribution >= 4 is 0 Å². The van der Waals surface area contributed by atoms with Crippen LogP contribution in [0.25, 0.3) is 5.69 Å². The molecular formula is C14H16F3N3O. The molecule has 0 saturated heterocycles. The first-order chi connectivity index (χ1) is 10.0. The molecule has 21 heavy (non-hydrogen) atoms. The van der Waals surface area contributed by atoms with Gasteiger partial charge in [-0.3, -0.25) is 0 Å². The zero-order valence-corrected chi connectivity index (χ0v) is 11.5. The van der Waals surface area contributed by atoms with Crippen LogP contribution in [-0.4, -0.2) is 30.0 Å². The van der Waals surface area contributed by atoms with E-state index >= 15 is 0 Å². The minimum Gasteiger partial charge on any atom is -0.383 e. The number of methoxy groups -OCH3 is 1. The molecule has 0 aliphatic carbocycles. The first kappa shape index (κ1) is 15.5. The number of ether oxygens (including phenoxy) is 1. The van der Waals surface area contributed by atoms with Gasteiger partial charge in [0.25, 0.3) is 0 Å². The van der Waals surface area contributed by atoms with E-state index < -0.39 is 11.7 Å². The van der Waals surface area contributed by atoms with Crippen LogP contribution in [0.4, 0.5) is 13.2 Å². The second-order valence-electron chi connectivity index (χ2n) is 4.47. The maximum absolute atomic E-state index is 12.6. The number of rotatable bonds is 6. The molecule has 1 aromatic carbocycles. The van der Waals surface area contributed by atoms with Crippen LogP contribution < -0.4 is 5.32 Å². The lowest BCUT2D eigenvalue weighted by atomic mass is 10.2. The number of halogens is 3. The summed E-state index contributed by atoms with van der Waals surface area (Å²) in [5.74, 6) is 0. The van der Waals surface area contributed by atoms with E-state index in [4.69, 9.17) is 4.74 Å². The fourth-order valence-electron chi connectivity index (χ4n) is 1.88. The number of aromatic nitrogens is 2. The fourth-order valence-corrected chi connectivity index (χ4v) is 1.88. The summed E-state index contributed by atoms with van der Waals surface area (Å²) in [6.07, 6.45) is -2.56. The maximum atomic E-state index is 12.6. The molecular weight excluding hydrogens is 283 g/mol. The lowest BCUT2D eigenvalue weighted by Crippen LogP contribution is -2.19. The van der Waals surface area contributed by atoms with Crippen molar-refractivity contribution in [2.45, 2.75) is 12.7 Å². The third kappa shape index (κ3) is 4.05. The van der Waals surface area contributed by atoms with Crippen molar-refractivity contribution in [2.75, 3.05) is 20.3 Å². The molecule has 0 spiro atoms. The molecule has 2 rings (SSSR count). The Balaban J connectivity index is 2.17. The van der Waals surface area contributed by atoms with Gasteiger partial charge in [-0.2, -0.15) is 18.3 Å². The molecule has 0 aliphatic heterocycles. The zero-order chi connectivity index (χ0) is 15.3. The Hall–Kier alpha value is -1.86. The average Bonchev–Trinajstić information content (AvgIpc) is 2.94. The SMILES string of the molecule is COCCNCc1ccccc1-n1cc(C(F)(F)F)cn1. The van der Waals surface area contributed by atoms with E-state index in [-0.39, 0.29) is 0 Å². The lowest BCUT2D eigenvalue weighted by molar-refractivity contribution is -0.137. The summed E-state index contributed by atoms with van der Waals surface area (Å²) in [5, 5.41) is 6.96. The summed E-state index contributed by atoms with van der Waals surface area (Å²) in [4.78, 5) is 0. The van der Waals surface area contributed by atoms with Gasteiger partial charge < -0.3 is 10.1 Å². The molecule has 1 N–H and O–H groups in total. The topological polar surface area (TPSA) is 39.1 Å². The van der Waals surface area contributed by atoms with Crippen LogP contribution in [0.3, 0.4) is 0 Å². The van der Waals surface area contributed by atoms with Gasteiger partial charge in [0.05, 0.1) is 24.1 Å². The van der Waals surface area contributed by atoms with Gasteiger partial charge in [0.1, 0.15) is 0 Å². The van der Waals surface area contributed by atoms with E-state index in [2.05, 4.69) is 10.4 Å². The first-order valence-electron chi connectivity index (χ1n) is 6.42. The van der Waals surface area contributed by atoms with E-state index in [0.717, 1.165) is 18.0 Å². The van der Waals surface area contributed by atoms with Gasteiger partial charge in [0.15, 0.2) is 0 Å². The van der Waals surface area contributed by atoms with Gasteiger partial charge in [-0.05, 0) is 11.6 Å². The van der Waals surface area contributed by atoms with E-state index in [1.54, 1.807) is 19.2 Å². The fraction of sp³-hybridized carbons (Fsp3) is 0.357. The van der Waals surface area contributed by atoms with Gasteiger partial charge in [-0.25, -0.2) is 4.68 Å². The molecule has 7 heteroatoms. The highest BCUT2D eigenvalue weighted by Crippen LogP contribution is 2.29. The molecule has 0 atom stereocenters. The van der Waals surface area contributed by atoms with Crippen molar-refractivity contribution in [3.05, 3.63) is 47.8 Å². The zero-order valence-electron chi connectivity index (χ0n) is 11.5. The monoisotopic (exact) mass is 299 g/mol. The highest BCUT2D eigenvalue weighted by molar-refractivity contribution is 5.40. The van der Waals surface area contributed by atoms with Crippen LogP contribution in [0.5, 0.6) is 0 Å². The van der Waals surface area contributed by atoms with E-state index in [1.165, 1.54) is 4.68 Å². The summed E-state index contributed by atoms with van der Waals surface area (Å²) in [7, 11) is 1.61. The van der Waals surface area contributed by atoms with Crippen molar-refractivity contribution in [3.63, 3.8) is 0 Å². The van der Waals surface area contributed by atoms with Crippen molar-refractivity contribution in [1.29, 1.82) is 0 Å². The smallest absolute Gasteiger partial charge is 0.383 e. The molecule has 0 aliphatic rings. The number of hydrogen-bond donors (Lipinski definition) is 1. The van der Waals surface area contributed by atoms with Crippen LogP contribution in [0.15, 0.2) is 36.7 Å². The lowest BCUT2D eigenvalue weighted by Gasteiger charge is -2.10. The minimum atomic E-state index is -4.39. The number of hydrogen-bond acceptors (Lipinski definition) is 3. The Bertz CT molecular complexity index is 581. The highest BCUT2D eigenvalue weighted by Gasteiger charge is 2.32. The Morgan fingerprint density at radius 3 is 2.71 bits per heavy atom. The van der Waals surface area contributed by atoms with Crippen LogP contribution in [0, 0.1) is 0 Å². The van der Waals surface area contributed by atoms with Crippen LogP contribution in [-0.2, 0) is 17.5 Å². The third-order valence-electron chi connectivity index (χ3n) is 2.95. The van der Waals surface area contributed by atoms with E-state index in [0.29, 0.717) is 25.4 Å². The number of nitrogens with zero attached hydrogens (tertiary/aromatic N) is 2. The van der Waals surface area contributed by atoms with E-state index in [9.17, 15) is 13.2 Å². The van der Waals surface area contributed by atoms with Crippen molar-refractivity contribution in [3.8, 4) is 5.69 Å². The Morgan fingerprint density at radius 1 is 1.29 bits per heavy atom. The normalized spacial score (nSPS) is 11.8. The van der Waals surface area contributed by atoms with Crippen LogP contribution in [0.1, 0.15) is 11.1 Å². The molecule has 4 nitrogen and oxygen atoms in total. The van der Waals surface area contributed by atoms with Gasteiger partial charge in [-0.15, -0.1) is 0 Å². The molecule has 0 bridgehead atoms. The largest absolute Gasteiger partial charge is 0.419 e. The second kappa shape index (κ2) is 6.73. The molecule has 0 saturated carbocycles. The average molecular weight is 299 g/mol. The summed E-state index contributed by atoms with van der Waals surface area (Å²) >= 11 is 0. The Morgan fingerprint density at radius 2 is 2.05 bits per heavy atom. The third-order valence-corrected chi connectivity index (χ3v) is 2.95. The van der Waals surface area contributed by atoms with Crippen molar-refractivity contribution in [1.82, 2.24) is 15.1 Å². The summed E-state index contributed by atoms with van der Waals surface area (Å²) in [6.45, 7) is 1.76. The summed E-state index contributed by atoms with van der Waals surface area (Å²) in [5.41, 5.74) is 0.730. The van der Waals surface area contributed by atoms with Crippen molar-refractivity contribution in [2.24, 2.45) is 0 Å². The number of alkyl halides is 3. The predicted octanol–water partition coefficient (Wildman–Crippen LogP) is 2.63. The first-order valence-corrected chi connectivity index (χ1v) is 6.42. The van der Waals surface area contributed by atoms with Crippen molar-refractivity contribution < 1.29 is 17.9 Å². The number of benzene rings is 1. The van der Waals surface area contributed by atoms with Crippen LogP contribution in [0.2, 0.25) is 0 Å². The molecule has 114 valence electrons. The summed E-state index contributed by atoms with van der Waals surface area (Å²) in [6, 6.07) is 7.19.